The molecule has 3 aromatic rings. The van der Waals surface area contributed by atoms with Crippen LogP contribution >= 0.6 is 48.9 Å². The van der Waals surface area contributed by atoms with E-state index in [1.807, 2.05) is 0 Å². The zero-order chi connectivity index (χ0) is 24.5. The van der Waals surface area contributed by atoms with Gasteiger partial charge in [0, 0.05) is 10.0 Å². The maximum atomic E-state index is 14.3. The molecule has 12 heteroatoms. The average molecular weight is 550 g/mol. The first kappa shape index (κ1) is 24.2. The molecular formula is C22H13Cl3N4O3P2. The van der Waals surface area contributed by atoms with Gasteiger partial charge in [-0.1, -0.05) is 35.3 Å². The molecule has 0 radical (unpaired) electrons. The molecule has 0 aromatic heterocycles. The highest BCUT2D eigenvalue weighted by atomic mass is 35.7. The van der Waals surface area contributed by atoms with E-state index in [0.29, 0.717) is 27.0 Å². The summed E-state index contributed by atoms with van der Waals surface area (Å²) in [4.78, 5) is 0. The van der Waals surface area contributed by atoms with E-state index in [-0.39, 0.29) is 11.3 Å². The predicted molar refractivity (Wildman–Crippen MR) is 135 cm³/mol. The van der Waals surface area contributed by atoms with Crippen LogP contribution in [0.4, 0.5) is 11.4 Å². The van der Waals surface area contributed by atoms with E-state index in [9.17, 15) is 9.13 Å². The predicted octanol–water partition coefficient (Wildman–Crippen LogP) is 8.28. The monoisotopic (exact) mass is 548 g/mol. The minimum atomic E-state index is -4.02. The Kier molecular flexibility index (Phi) is 6.70. The highest BCUT2D eigenvalue weighted by molar-refractivity contribution is 8.11. The number of hydrogen-bond acceptors (Lipinski definition) is 5. The fourth-order valence-corrected chi connectivity index (χ4v) is 11.0. The van der Waals surface area contributed by atoms with Gasteiger partial charge in [-0.05, 0) is 83.5 Å². The van der Waals surface area contributed by atoms with E-state index in [1.54, 1.807) is 72.8 Å². The molecule has 1 heterocycles. The van der Waals surface area contributed by atoms with Crippen molar-refractivity contribution in [2.75, 3.05) is 8.88 Å². The van der Waals surface area contributed by atoms with E-state index in [2.05, 4.69) is 0 Å². The molecule has 1 aliphatic rings. The summed E-state index contributed by atoms with van der Waals surface area (Å²) in [6.07, 6.45) is 1.40. The lowest BCUT2D eigenvalue weighted by atomic mass is 10.1. The van der Waals surface area contributed by atoms with E-state index in [1.165, 1.54) is 18.2 Å². The van der Waals surface area contributed by atoms with Gasteiger partial charge in [0.05, 0.1) is 11.4 Å². The molecule has 1 aliphatic heterocycles. The number of benzene rings is 3. The smallest absolute Gasteiger partial charge is 0.413 e. The van der Waals surface area contributed by atoms with E-state index < -0.39 is 14.5 Å². The third-order valence-electron chi connectivity index (χ3n) is 4.72. The molecule has 170 valence electrons. The molecule has 3 aromatic carbocycles. The molecule has 0 unspecified atom stereocenters. The van der Waals surface area contributed by atoms with Gasteiger partial charge in [-0.2, -0.15) is 19.4 Å². The molecule has 1 saturated heterocycles. The number of hydrogen-bond donors (Lipinski definition) is 0. The van der Waals surface area contributed by atoms with Crippen LogP contribution in [0.3, 0.4) is 0 Å². The molecule has 0 spiro atoms. The number of rotatable bonds is 5. The summed E-state index contributed by atoms with van der Waals surface area (Å²) in [5.41, 5.74) is 1.13. The third kappa shape index (κ3) is 4.42. The van der Waals surface area contributed by atoms with E-state index >= 15 is 0 Å². The van der Waals surface area contributed by atoms with Gasteiger partial charge in [0.25, 0.3) is 0 Å². The highest BCUT2D eigenvalue weighted by Crippen LogP contribution is 2.89. The minimum absolute atomic E-state index is 0.0636. The third-order valence-corrected chi connectivity index (χ3v) is 12.8. The van der Waals surface area contributed by atoms with Crippen LogP contribution < -0.4 is 13.4 Å². The van der Waals surface area contributed by atoms with E-state index in [0.717, 1.165) is 8.88 Å². The second kappa shape index (κ2) is 9.40. The fourth-order valence-electron chi connectivity index (χ4n) is 3.23. The van der Waals surface area contributed by atoms with Gasteiger partial charge in [0.15, 0.2) is 0 Å². The lowest BCUT2D eigenvalue weighted by Crippen LogP contribution is -2.43. The first-order chi connectivity index (χ1) is 16.2. The summed E-state index contributed by atoms with van der Waals surface area (Å²) in [5, 5.41) is 18.7. The van der Waals surface area contributed by atoms with Crippen LogP contribution in [0, 0.1) is 22.7 Å². The largest absolute Gasteiger partial charge is 0.464 e. The first-order valence-electron chi connectivity index (χ1n) is 9.53. The molecule has 0 bridgehead atoms. The Morgan fingerprint density at radius 3 is 1.65 bits per heavy atom. The Bertz CT molecular complexity index is 1370. The minimum Gasteiger partial charge on any atom is -0.413 e. The van der Waals surface area contributed by atoms with Gasteiger partial charge in [-0.3, -0.25) is 4.57 Å². The standard InChI is InChI=1S/C22H13Cl3N4O3P2/c23-18-3-7-20(8-4-18)28-33(25,30)29(21-9-5-19(24)6-10-21)34(28,31)32-22-11-1-16(2-12-22)13-17(14-26)15-27/h1-13H. The number of nitriles is 2. The van der Waals surface area contributed by atoms with Crippen molar-refractivity contribution in [2.45, 2.75) is 0 Å². The summed E-state index contributed by atoms with van der Waals surface area (Å²) < 4.78 is 35.9. The average Bonchev–Trinajstić information content (AvgIpc) is 2.81. The van der Waals surface area contributed by atoms with Gasteiger partial charge in [-0.25, -0.2) is 4.57 Å². The van der Waals surface area contributed by atoms with Crippen LogP contribution in [0.2, 0.25) is 10.0 Å². The van der Waals surface area contributed by atoms with Crippen molar-refractivity contribution < 1.29 is 13.7 Å². The maximum Gasteiger partial charge on any atom is 0.464 e. The fraction of sp³-hybridized carbons (Fsp3) is 0. The van der Waals surface area contributed by atoms with Crippen LogP contribution in [0.15, 0.2) is 78.4 Å². The summed E-state index contributed by atoms with van der Waals surface area (Å²) in [6, 6.07) is 22.2. The van der Waals surface area contributed by atoms with Crippen molar-refractivity contribution >= 4 is 66.4 Å². The lowest BCUT2D eigenvalue weighted by Gasteiger charge is -2.52. The van der Waals surface area contributed by atoms with Crippen LogP contribution in [0.5, 0.6) is 5.75 Å². The molecule has 0 N–H and O–H groups in total. The second-order valence-electron chi connectivity index (χ2n) is 6.94. The summed E-state index contributed by atoms with van der Waals surface area (Å²) in [7, 11) is -4.02. The quantitative estimate of drug-likeness (QED) is 0.233. The van der Waals surface area contributed by atoms with Gasteiger partial charge < -0.3 is 4.52 Å². The Balaban J connectivity index is 1.75. The maximum absolute atomic E-state index is 14.3. The van der Waals surface area contributed by atoms with Gasteiger partial charge in [0.1, 0.15) is 23.5 Å². The summed E-state index contributed by atoms with van der Waals surface area (Å²) in [6.45, 7) is -3.87. The molecular weight excluding hydrogens is 537 g/mol. The van der Waals surface area contributed by atoms with Gasteiger partial charge >= 0.3 is 14.5 Å². The van der Waals surface area contributed by atoms with Crippen LogP contribution in [-0.4, -0.2) is 0 Å². The Morgan fingerprint density at radius 1 is 0.794 bits per heavy atom. The molecule has 0 amide bonds. The molecule has 0 saturated carbocycles. The van der Waals surface area contributed by atoms with Crippen LogP contribution in [0.1, 0.15) is 5.56 Å². The number of halogens is 3. The first-order valence-corrected chi connectivity index (χ1v) is 14.3. The molecule has 1 fully saturated rings. The zero-order valence-electron chi connectivity index (χ0n) is 17.0. The van der Waals surface area contributed by atoms with Crippen LogP contribution in [0.25, 0.3) is 6.08 Å². The summed E-state index contributed by atoms with van der Waals surface area (Å²) >= 11 is 18.4. The highest BCUT2D eigenvalue weighted by Gasteiger charge is 2.67. The number of allylic oxidation sites excluding steroid dienone is 1. The molecule has 7 nitrogen and oxygen atoms in total. The Hall–Kier alpha value is -2.89. The van der Waals surface area contributed by atoms with Crippen molar-refractivity contribution in [3.05, 3.63) is 94.0 Å². The molecule has 0 atom stereocenters. The van der Waals surface area contributed by atoms with Crippen molar-refractivity contribution in [1.82, 2.24) is 0 Å². The number of nitrogens with zero attached hydrogens (tertiary/aromatic N) is 4. The number of anilines is 2. The topological polar surface area (TPSA) is 97.4 Å². The second-order valence-corrected chi connectivity index (χ2v) is 13.5. The summed E-state index contributed by atoms with van der Waals surface area (Å²) in [5.74, 6) is 0.199. The Labute approximate surface area is 210 Å². The normalized spacial score (nSPS) is 21.1. The van der Waals surface area contributed by atoms with Crippen molar-refractivity contribution in [3.63, 3.8) is 0 Å². The SMILES string of the molecule is N#CC(C#N)=Cc1ccc(OP2(=O)N(c3ccc(Cl)cc3)P(=O)(Cl)N2c2ccc(Cl)cc2)cc1. The van der Waals surface area contributed by atoms with Crippen molar-refractivity contribution in [2.24, 2.45) is 0 Å². The van der Waals surface area contributed by atoms with E-state index in [4.69, 9.17) is 49.5 Å². The molecule has 4 rings (SSSR count). The molecule has 34 heavy (non-hydrogen) atoms. The van der Waals surface area contributed by atoms with Crippen molar-refractivity contribution in [1.29, 1.82) is 10.5 Å². The molecule has 0 aliphatic carbocycles. The van der Waals surface area contributed by atoms with Crippen molar-refractivity contribution in [3.8, 4) is 17.9 Å². The van der Waals surface area contributed by atoms with Gasteiger partial charge in [-0.15, -0.1) is 0 Å². The Morgan fingerprint density at radius 2 is 1.24 bits per heavy atom. The zero-order valence-corrected chi connectivity index (χ0v) is 21.1. The van der Waals surface area contributed by atoms with Crippen LogP contribution in [-0.2, 0) is 9.13 Å². The lowest BCUT2D eigenvalue weighted by molar-refractivity contribution is 0.475. The van der Waals surface area contributed by atoms with Gasteiger partial charge in [0.2, 0.25) is 0 Å².